The highest BCUT2D eigenvalue weighted by Gasteiger charge is 2.17. The fraction of sp³-hybridized carbons (Fsp3) is 0.0476. The number of nitrogens with zero attached hydrogens (tertiary/aromatic N) is 1. The predicted octanol–water partition coefficient (Wildman–Crippen LogP) is 5.31. The number of amides is 1. The van der Waals surface area contributed by atoms with Crippen LogP contribution in [-0.4, -0.2) is 10.9 Å². The van der Waals surface area contributed by atoms with E-state index in [1.165, 1.54) is 6.26 Å². The first-order valence-corrected chi connectivity index (χ1v) is 8.69. The first-order chi connectivity index (χ1) is 13.2. The number of carbonyl (C=O) groups excluding carboxylic acids is 1. The Kier molecular flexibility index (Phi) is 4.77. The number of ether oxygens (including phenoxy) is 1. The molecule has 1 N–H and O–H groups in total. The molecule has 6 heteroatoms. The van der Waals surface area contributed by atoms with E-state index in [4.69, 9.17) is 20.8 Å². The van der Waals surface area contributed by atoms with Gasteiger partial charge in [0.05, 0.1) is 22.5 Å². The van der Waals surface area contributed by atoms with Crippen molar-refractivity contribution in [2.24, 2.45) is 0 Å². The molecule has 0 spiro atoms. The van der Waals surface area contributed by atoms with Gasteiger partial charge in [-0.25, -0.2) is 0 Å². The van der Waals surface area contributed by atoms with Crippen LogP contribution in [0.1, 0.15) is 16.1 Å². The molecular formula is C21H15ClN2O3. The zero-order chi connectivity index (χ0) is 18.6. The summed E-state index contributed by atoms with van der Waals surface area (Å²) in [7, 11) is 0. The molecule has 0 aliphatic heterocycles. The molecule has 0 aliphatic carbocycles. The second-order valence-corrected chi connectivity index (χ2v) is 6.23. The third-order valence-electron chi connectivity index (χ3n) is 4.06. The quantitative estimate of drug-likeness (QED) is 0.511. The Balaban J connectivity index is 1.55. The van der Waals surface area contributed by atoms with E-state index in [9.17, 15) is 4.79 Å². The van der Waals surface area contributed by atoms with Crippen molar-refractivity contribution < 1.29 is 13.9 Å². The molecule has 0 atom stereocenters. The van der Waals surface area contributed by atoms with Crippen molar-refractivity contribution in [3.63, 3.8) is 0 Å². The van der Waals surface area contributed by atoms with Crippen molar-refractivity contribution in [1.29, 1.82) is 0 Å². The van der Waals surface area contributed by atoms with Crippen LogP contribution in [0.4, 0.5) is 5.69 Å². The van der Waals surface area contributed by atoms with Crippen LogP contribution in [0.2, 0.25) is 5.02 Å². The van der Waals surface area contributed by atoms with Crippen LogP contribution in [0.5, 0.6) is 5.75 Å². The number of aromatic nitrogens is 1. The minimum atomic E-state index is -0.362. The summed E-state index contributed by atoms with van der Waals surface area (Å²) in [5, 5.41) is 4.15. The van der Waals surface area contributed by atoms with Crippen molar-refractivity contribution in [2.45, 2.75) is 6.61 Å². The van der Waals surface area contributed by atoms with Crippen LogP contribution < -0.4 is 10.1 Å². The van der Waals surface area contributed by atoms with Gasteiger partial charge in [-0.1, -0.05) is 29.8 Å². The molecule has 2 aromatic carbocycles. The van der Waals surface area contributed by atoms with E-state index >= 15 is 0 Å². The Morgan fingerprint density at radius 1 is 1.07 bits per heavy atom. The van der Waals surface area contributed by atoms with Gasteiger partial charge >= 0.3 is 0 Å². The number of fused-ring (bicyclic) bond motifs is 1. The summed E-state index contributed by atoms with van der Waals surface area (Å²) in [6.07, 6.45) is 3.13. The molecule has 134 valence electrons. The van der Waals surface area contributed by atoms with E-state index in [0.29, 0.717) is 21.8 Å². The first-order valence-electron chi connectivity index (χ1n) is 8.31. The summed E-state index contributed by atoms with van der Waals surface area (Å²) in [6, 6.07) is 18.2. The maximum absolute atomic E-state index is 12.7. The fourth-order valence-corrected chi connectivity index (χ4v) is 2.97. The van der Waals surface area contributed by atoms with Gasteiger partial charge in [0.15, 0.2) is 5.76 Å². The standard InChI is InChI=1S/C21H15ClN2O3/c22-17-8-9-18(16-7-4-11-23-19(16)17)24-21(25)20-14(10-12-26-20)13-27-15-5-2-1-3-6-15/h1-12H,13H2,(H,24,25). The van der Waals surface area contributed by atoms with E-state index in [-0.39, 0.29) is 18.3 Å². The summed E-state index contributed by atoms with van der Waals surface area (Å²) < 4.78 is 11.1. The number of hydrogen-bond acceptors (Lipinski definition) is 4. The minimum absolute atomic E-state index is 0.206. The second-order valence-electron chi connectivity index (χ2n) is 5.83. The maximum Gasteiger partial charge on any atom is 0.291 e. The van der Waals surface area contributed by atoms with Gasteiger partial charge in [-0.15, -0.1) is 0 Å². The molecule has 0 radical (unpaired) electrons. The molecule has 0 bridgehead atoms. The zero-order valence-electron chi connectivity index (χ0n) is 14.2. The van der Waals surface area contributed by atoms with Crippen LogP contribution in [0, 0.1) is 0 Å². The topological polar surface area (TPSA) is 64.4 Å². The molecule has 0 saturated heterocycles. The number of carbonyl (C=O) groups is 1. The monoisotopic (exact) mass is 378 g/mol. The zero-order valence-corrected chi connectivity index (χ0v) is 14.9. The Hall–Kier alpha value is -3.31. The third-order valence-corrected chi connectivity index (χ3v) is 4.36. The molecule has 1 amide bonds. The van der Waals surface area contributed by atoms with Gasteiger partial charge in [0, 0.05) is 17.1 Å². The molecule has 4 aromatic rings. The number of para-hydroxylation sites is 1. The number of halogens is 1. The van der Waals surface area contributed by atoms with Gasteiger partial charge in [0.2, 0.25) is 0 Å². The van der Waals surface area contributed by atoms with E-state index in [0.717, 1.165) is 11.1 Å². The molecule has 0 saturated carbocycles. The van der Waals surface area contributed by atoms with Crippen molar-refractivity contribution in [3.05, 3.63) is 89.5 Å². The van der Waals surface area contributed by atoms with Crippen LogP contribution in [0.25, 0.3) is 10.9 Å². The number of nitrogens with one attached hydrogen (secondary N) is 1. The normalized spacial score (nSPS) is 10.7. The van der Waals surface area contributed by atoms with Gasteiger partial charge in [0.1, 0.15) is 12.4 Å². The highest BCUT2D eigenvalue weighted by atomic mass is 35.5. The highest BCUT2D eigenvalue weighted by molar-refractivity contribution is 6.35. The lowest BCUT2D eigenvalue weighted by molar-refractivity contribution is 0.0993. The van der Waals surface area contributed by atoms with E-state index in [1.807, 2.05) is 36.4 Å². The van der Waals surface area contributed by atoms with Crippen molar-refractivity contribution >= 4 is 34.1 Å². The summed E-state index contributed by atoms with van der Waals surface area (Å²) in [5.41, 5.74) is 1.90. The summed E-state index contributed by atoms with van der Waals surface area (Å²) in [5.74, 6) is 0.567. The smallest absolute Gasteiger partial charge is 0.291 e. The molecule has 5 nitrogen and oxygen atoms in total. The molecule has 2 heterocycles. The maximum atomic E-state index is 12.7. The van der Waals surface area contributed by atoms with Gasteiger partial charge in [0.25, 0.3) is 5.91 Å². The SMILES string of the molecule is O=C(Nc1ccc(Cl)c2ncccc12)c1occc1COc1ccccc1. The summed E-state index contributed by atoms with van der Waals surface area (Å²) in [6.45, 7) is 0.228. The predicted molar refractivity (Wildman–Crippen MR) is 104 cm³/mol. The largest absolute Gasteiger partial charge is 0.489 e. The van der Waals surface area contributed by atoms with Gasteiger partial charge < -0.3 is 14.5 Å². The molecule has 0 unspecified atom stereocenters. The Bertz CT molecular complexity index is 1090. The number of anilines is 1. The highest BCUT2D eigenvalue weighted by Crippen LogP contribution is 2.28. The average molecular weight is 379 g/mol. The summed E-state index contributed by atoms with van der Waals surface area (Å²) in [4.78, 5) is 17.0. The molecule has 0 fully saturated rings. The minimum Gasteiger partial charge on any atom is -0.489 e. The van der Waals surface area contributed by atoms with Crippen LogP contribution in [-0.2, 0) is 6.61 Å². The van der Waals surface area contributed by atoms with Gasteiger partial charge in [-0.05, 0) is 42.5 Å². The Labute approximate surface area is 160 Å². The van der Waals surface area contributed by atoms with Crippen LogP contribution >= 0.6 is 11.6 Å². The van der Waals surface area contributed by atoms with E-state index in [2.05, 4.69) is 10.3 Å². The molecule has 0 aliphatic rings. The Morgan fingerprint density at radius 3 is 2.78 bits per heavy atom. The number of hydrogen-bond donors (Lipinski definition) is 1. The number of pyridine rings is 1. The van der Waals surface area contributed by atoms with Crippen LogP contribution in [0.3, 0.4) is 0 Å². The Morgan fingerprint density at radius 2 is 1.93 bits per heavy atom. The molecule has 2 aromatic heterocycles. The lowest BCUT2D eigenvalue weighted by Gasteiger charge is -2.10. The second kappa shape index (κ2) is 7.51. The van der Waals surface area contributed by atoms with Crippen molar-refractivity contribution in [1.82, 2.24) is 4.98 Å². The molecular weight excluding hydrogens is 364 g/mol. The van der Waals surface area contributed by atoms with Crippen molar-refractivity contribution in [2.75, 3.05) is 5.32 Å². The number of rotatable bonds is 5. The van der Waals surface area contributed by atoms with Gasteiger partial charge in [-0.3, -0.25) is 9.78 Å². The van der Waals surface area contributed by atoms with E-state index < -0.39 is 0 Å². The van der Waals surface area contributed by atoms with E-state index in [1.54, 1.807) is 30.5 Å². The average Bonchev–Trinajstić information content (AvgIpc) is 3.18. The third kappa shape index (κ3) is 3.64. The lowest BCUT2D eigenvalue weighted by atomic mass is 10.1. The fourth-order valence-electron chi connectivity index (χ4n) is 2.75. The summed E-state index contributed by atoms with van der Waals surface area (Å²) >= 11 is 6.18. The lowest BCUT2D eigenvalue weighted by Crippen LogP contribution is -2.14. The number of benzene rings is 2. The van der Waals surface area contributed by atoms with Crippen LogP contribution in [0.15, 0.2) is 77.5 Å². The number of furan rings is 1. The first kappa shape index (κ1) is 17.1. The van der Waals surface area contributed by atoms with Crippen molar-refractivity contribution in [3.8, 4) is 5.75 Å². The molecule has 4 rings (SSSR count). The van der Waals surface area contributed by atoms with Gasteiger partial charge in [-0.2, -0.15) is 0 Å². The molecule has 27 heavy (non-hydrogen) atoms.